The monoisotopic (exact) mass is 454 g/mol. The van der Waals surface area contributed by atoms with Crippen LogP contribution in [0.4, 0.5) is 0 Å². The summed E-state index contributed by atoms with van der Waals surface area (Å²) < 4.78 is 17.1. The van der Waals surface area contributed by atoms with Gasteiger partial charge in [-0.05, 0) is 48.2 Å². The summed E-state index contributed by atoms with van der Waals surface area (Å²) in [5.74, 6) is 1.74. The van der Waals surface area contributed by atoms with Crippen LogP contribution in [0.15, 0.2) is 96.1 Å². The summed E-state index contributed by atoms with van der Waals surface area (Å²) in [7, 11) is 1.63. The first-order valence-corrected chi connectivity index (χ1v) is 11.0. The SMILES string of the molecule is COc1cccc(COc2ccccc2/C=N\NC(=O)[C@H](C)Oc2cccc3ccccc23)c1. The van der Waals surface area contributed by atoms with Crippen LogP contribution in [0.1, 0.15) is 18.1 Å². The summed E-state index contributed by atoms with van der Waals surface area (Å²) in [4.78, 5) is 12.5. The van der Waals surface area contributed by atoms with E-state index in [1.807, 2.05) is 91.0 Å². The maximum absolute atomic E-state index is 12.5. The molecule has 6 nitrogen and oxygen atoms in total. The van der Waals surface area contributed by atoms with Crippen molar-refractivity contribution in [1.29, 1.82) is 0 Å². The molecular formula is C28H26N2O4. The zero-order valence-electron chi connectivity index (χ0n) is 19.1. The van der Waals surface area contributed by atoms with Crippen LogP contribution in [0.25, 0.3) is 10.8 Å². The smallest absolute Gasteiger partial charge is 0.280 e. The molecule has 0 saturated carbocycles. The van der Waals surface area contributed by atoms with Gasteiger partial charge in [0, 0.05) is 10.9 Å². The summed E-state index contributed by atoms with van der Waals surface area (Å²) in [5, 5.41) is 6.11. The van der Waals surface area contributed by atoms with Gasteiger partial charge in [-0.1, -0.05) is 60.7 Å². The van der Waals surface area contributed by atoms with Crippen LogP contribution < -0.4 is 19.6 Å². The first kappa shape index (κ1) is 22.9. The van der Waals surface area contributed by atoms with Crippen molar-refractivity contribution in [2.75, 3.05) is 7.11 Å². The van der Waals surface area contributed by atoms with Crippen molar-refractivity contribution >= 4 is 22.9 Å². The average Bonchev–Trinajstić information content (AvgIpc) is 2.88. The molecule has 0 radical (unpaired) electrons. The number of hydrazone groups is 1. The van der Waals surface area contributed by atoms with Gasteiger partial charge in [-0.25, -0.2) is 5.43 Å². The van der Waals surface area contributed by atoms with Gasteiger partial charge in [-0.2, -0.15) is 5.10 Å². The lowest BCUT2D eigenvalue weighted by molar-refractivity contribution is -0.127. The third kappa shape index (κ3) is 5.72. The van der Waals surface area contributed by atoms with Crippen LogP contribution in [0, 0.1) is 0 Å². The zero-order chi connectivity index (χ0) is 23.8. The fraction of sp³-hybridized carbons (Fsp3) is 0.143. The number of hydrogen-bond donors (Lipinski definition) is 1. The van der Waals surface area contributed by atoms with E-state index in [9.17, 15) is 4.79 Å². The highest BCUT2D eigenvalue weighted by atomic mass is 16.5. The number of nitrogens with zero attached hydrogens (tertiary/aromatic N) is 1. The van der Waals surface area contributed by atoms with Gasteiger partial charge in [-0.15, -0.1) is 0 Å². The van der Waals surface area contributed by atoms with Gasteiger partial charge in [0.25, 0.3) is 5.91 Å². The number of carbonyl (C=O) groups is 1. The number of ether oxygens (including phenoxy) is 3. The van der Waals surface area contributed by atoms with Crippen LogP contribution >= 0.6 is 0 Å². The van der Waals surface area contributed by atoms with Gasteiger partial charge in [0.05, 0.1) is 13.3 Å². The summed E-state index contributed by atoms with van der Waals surface area (Å²) in [6.07, 6.45) is 0.839. The van der Waals surface area contributed by atoms with Crippen molar-refractivity contribution in [2.24, 2.45) is 5.10 Å². The normalized spacial score (nSPS) is 11.8. The standard InChI is InChI=1S/C28H26N2O4/c1-20(34-27-16-8-12-22-10-3-5-14-25(22)27)28(31)30-29-18-23-11-4-6-15-26(23)33-19-21-9-7-13-24(17-21)32-2/h3-18,20H,19H2,1-2H3,(H,30,31)/b29-18-/t20-/m0/s1. The number of nitrogens with one attached hydrogen (secondary N) is 1. The van der Waals surface area contributed by atoms with Gasteiger partial charge < -0.3 is 14.2 Å². The quantitative estimate of drug-likeness (QED) is 0.274. The van der Waals surface area contributed by atoms with Gasteiger partial charge >= 0.3 is 0 Å². The minimum Gasteiger partial charge on any atom is -0.497 e. The van der Waals surface area contributed by atoms with Crippen molar-refractivity contribution in [3.05, 3.63) is 102 Å². The number of para-hydroxylation sites is 1. The Morgan fingerprint density at radius 2 is 1.68 bits per heavy atom. The lowest BCUT2D eigenvalue weighted by Gasteiger charge is -2.15. The molecule has 0 fully saturated rings. The minimum absolute atomic E-state index is 0.348. The Kier molecular flexibility index (Phi) is 7.40. The predicted molar refractivity (Wildman–Crippen MR) is 134 cm³/mol. The van der Waals surface area contributed by atoms with Crippen molar-refractivity contribution in [2.45, 2.75) is 19.6 Å². The number of amides is 1. The highest BCUT2D eigenvalue weighted by molar-refractivity contribution is 5.89. The molecule has 0 aromatic heterocycles. The summed E-state index contributed by atoms with van der Waals surface area (Å²) in [5.41, 5.74) is 4.28. The topological polar surface area (TPSA) is 69.2 Å². The number of benzene rings is 4. The molecule has 1 amide bonds. The van der Waals surface area contributed by atoms with Crippen LogP contribution in [0.3, 0.4) is 0 Å². The molecule has 1 N–H and O–H groups in total. The number of rotatable bonds is 9. The van der Waals surface area contributed by atoms with Gasteiger partial charge in [-0.3, -0.25) is 4.79 Å². The van der Waals surface area contributed by atoms with E-state index in [2.05, 4.69) is 10.5 Å². The van der Waals surface area contributed by atoms with Crippen molar-refractivity contribution in [3.8, 4) is 17.2 Å². The number of fused-ring (bicyclic) bond motifs is 1. The molecular weight excluding hydrogens is 428 g/mol. The molecule has 0 saturated heterocycles. The van der Waals surface area contributed by atoms with E-state index in [0.29, 0.717) is 18.1 Å². The van der Waals surface area contributed by atoms with Crippen molar-refractivity contribution < 1.29 is 19.0 Å². The summed E-state index contributed by atoms with van der Waals surface area (Å²) in [6, 6.07) is 28.8. The Morgan fingerprint density at radius 1 is 0.941 bits per heavy atom. The first-order valence-electron chi connectivity index (χ1n) is 11.0. The Bertz CT molecular complexity index is 1300. The molecule has 0 spiro atoms. The fourth-order valence-corrected chi connectivity index (χ4v) is 3.44. The zero-order valence-corrected chi connectivity index (χ0v) is 19.1. The van der Waals surface area contributed by atoms with E-state index in [1.165, 1.54) is 0 Å². The fourth-order valence-electron chi connectivity index (χ4n) is 3.44. The molecule has 0 bridgehead atoms. The number of methoxy groups -OCH3 is 1. The Morgan fingerprint density at radius 3 is 2.56 bits per heavy atom. The van der Waals surface area contributed by atoms with E-state index in [4.69, 9.17) is 14.2 Å². The molecule has 34 heavy (non-hydrogen) atoms. The number of carbonyl (C=O) groups excluding carboxylic acids is 1. The highest BCUT2D eigenvalue weighted by Gasteiger charge is 2.15. The second kappa shape index (κ2) is 11.0. The maximum Gasteiger partial charge on any atom is 0.280 e. The second-order valence-corrected chi connectivity index (χ2v) is 7.65. The van der Waals surface area contributed by atoms with Crippen molar-refractivity contribution in [1.82, 2.24) is 5.43 Å². The lowest BCUT2D eigenvalue weighted by atomic mass is 10.1. The molecule has 172 valence electrons. The third-order valence-corrected chi connectivity index (χ3v) is 5.25. The van der Waals surface area contributed by atoms with Crippen LogP contribution in [0.5, 0.6) is 17.2 Å². The molecule has 4 aromatic rings. The van der Waals surface area contributed by atoms with Crippen LogP contribution in [0.2, 0.25) is 0 Å². The van der Waals surface area contributed by atoms with E-state index in [1.54, 1.807) is 20.2 Å². The Hall–Kier alpha value is -4.32. The van der Waals surface area contributed by atoms with E-state index in [-0.39, 0.29) is 5.91 Å². The molecule has 0 aliphatic carbocycles. The molecule has 4 aromatic carbocycles. The first-order chi connectivity index (χ1) is 16.6. The molecule has 0 heterocycles. The van der Waals surface area contributed by atoms with Gasteiger partial charge in [0.1, 0.15) is 23.9 Å². The molecule has 0 aliphatic heterocycles. The summed E-state index contributed by atoms with van der Waals surface area (Å²) in [6.45, 7) is 2.07. The predicted octanol–water partition coefficient (Wildman–Crippen LogP) is 5.35. The molecule has 0 unspecified atom stereocenters. The van der Waals surface area contributed by atoms with Gasteiger partial charge in [0.15, 0.2) is 6.10 Å². The van der Waals surface area contributed by atoms with E-state index in [0.717, 1.165) is 27.6 Å². The van der Waals surface area contributed by atoms with Crippen LogP contribution in [-0.4, -0.2) is 25.3 Å². The lowest BCUT2D eigenvalue weighted by Crippen LogP contribution is -2.33. The largest absolute Gasteiger partial charge is 0.497 e. The Labute approximate surface area is 198 Å². The van der Waals surface area contributed by atoms with Crippen molar-refractivity contribution in [3.63, 3.8) is 0 Å². The Balaban J connectivity index is 1.36. The van der Waals surface area contributed by atoms with E-state index >= 15 is 0 Å². The second-order valence-electron chi connectivity index (χ2n) is 7.65. The average molecular weight is 455 g/mol. The van der Waals surface area contributed by atoms with Crippen LogP contribution in [-0.2, 0) is 11.4 Å². The number of hydrogen-bond acceptors (Lipinski definition) is 5. The van der Waals surface area contributed by atoms with Gasteiger partial charge in [0.2, 0.25) is 0 Å². The molecule has 6 heteroatoms. The van der Waals surface area contributed by atoms with E-state index < -0.39 is 6.10 Å². The summed E-state index contributed by atoms with van der Waals surface area (Å²) >= 11 is 0. The molecule has 0 aliphatic rings. The third-order valence-electron chi connectivity index (χ3n) is 5.25. The minimum atomic E-state index is -0.720. The highest BCUT2D eigenvalue weighted by Crippen LogP contribution is 2.26. The molecule has 1 atom stereocenters. The maximum atomic E-state index is 12.5. The molecule has 4 rings (SSSR count).